The summed E-state index contributed by atoms with van der Waals surface area (Å²) in [6, 6.07) is 5.58. The van der Waals surface area contributed by atoms with Crippen molar-refractivity contribution in [1.82, 2.24) is 36.9 Å². The van der Waals surface area contributed by atoms with E-state index >= 15 is 0 Å². The van der Waals surface area contributed by atoms with Gasteiger partial charge in [-0.3, -0.25) is 0 Å². The molecule has 1 aromatic carbocycles. The summed E-state index contributed by atoms with van der Waals surface area (Å²) in [4.78, 5) is 2.99. The van der Waals surface area contributed by atoms with E-state index < -0.39 is 36.0 Å². The standard InChI is InChI=1S/C16H23N9O4S2/c17-13-7-9(3-6-20-13)11-1-2-12(31(28,29)23-10-4-5-19-8-10)15(30(18,26)27)14(11)16-21-24-25-22-16/h1-3,6-7,10,16,19,21-25H,4-5,8H2,(H2,17,20)(H2,18,26,27)/t10-/m1/s1. The minimum absolute atomic E-state index is 0.109. The number of nitrogens with two attached hydrogens (primary N) is 2. The molecule has 168 valence electrons. The lowest BCUT2D eigenvalue weighted by Crippen LogP contribution is -2.38. The third-order valence-corrected chi connectivity index (χ3v) is 7.69. The molecule has 2 aliphatic rings. The molecule has 13 nitrogen and oxygen atoms in total. The van der Waals surface area contributed by atoms with Crippen LogP contribution in [-0.4, -0.2) is 41.0 Å². The molecule has 2 aromatic rings. The second-order valence-electron chi connectivity index (χ2n) is 7.15. The fourth-order valence-electron chi connectivity index (χ4n) is 3.67. The minimum Gasteiger partial charge on any atom is -0.384 e. The topological polar surface area (TPSA) is 205 Å². The number of nitrogens with one attached hydrogen (secondary N) is 6. The first-order chi connectivity index (χ1) is 14.7. The Bertz CT molecular complexity index is 1190. The van der Waals surface area contributed by atoms with Crippen molar-refractivity contribution in [3.63, 3.8) is 0 Å². The van der Waals surface area contributed by atoms with Gasteiger partial charge in [0.1, 0.15) is 21.8 Å². The van der Waals surface area contributed by atoms with Crippen molar-refractivity contribution in [3.8, 4) is 11.1 Å². The van der Waals surface area contributed by atoms with E-state index in [4.69, 9.17) is 10.9 Å². The van der Waals surface area contributed by atoms with Crippen LogP contribution in [-0.2, 0) is 20.0 Å². The summed E-state index contributed by atoms with van der Waals surface area (Å²) in [5.74, 6) is 0.219. The summed E-state index contributed by atoms with van der Waals surface area (Å²) in [6.45, 7) is 1.11. The van der Waals surface area contributed by atoms with E-state index in [1.54, 1.807) is 12.1 Å². The van der Waals surface area contributed by atoms with Gasteiger partial charge in [-0.2, -0.15) is 11.1 Å². The van der Waals surface area contributed by atoms with Crippen LogP contribution in [0.1, 0.15) is 18.2 Å². The molecule has 2 aliphatic heterocycles. The highest BCUT2D eigenvalue weighted by Gasteiger charge is 2.35. The van der Waals surface area contributed by atoms with Crippen LogP contribution in [0, 0.1) is 0 Å². The summed E-state index contributed by atoms with van der Waals surface area (Å²) in [5, 5.41) is 8.60. The number of pyridine rings is 1. The predicted octanol–water partition coefficient (Wildman–Crippen LogP) is -2.27. The Balaban J connectivity index is 1.96. The van der Waals surface area contributed by atoms with Crippen LogP contribution < -0.4 is 42.8 Å². The maximum atomic E-state index is 13.2. The maximum Gasteiger partial charge on any atom is 0.242 e. The van der Waals surface area contributed by atoms with E-state index in [2.05, 4.69) is 36.9 Å². The van der Waals surface area contributed by atoms with Crippen LogP contribution in [0.3, 0.4) is 0 Å². The first kappa shape index (κ1) is 22.0. The molecule has 0 spiro atoms. The lowest BCUT2D eigenvalue weighted by Gasteiger charge is -2.22. The third-order valence-electron chi connectivity index (χ3n) is 4.99. The van der Waals surface area contributed by atoms with Gasteiger partial charge in [0, 0.05) is 24.3 Å². The summed E-state index contributed by atoms with van der Waals surface area (Å²) in [7, 11) is -8.68. The predicted molar refractivity (Wildman–Crippen MR) is 112 cm³/mol. The van der Waals surface area contributed by atoms with Gasteiger partial charge in [0.05, 0.1) is 0 Å². The van der Waals surface area contributed by atoms with Crippen LogP contribution in [0.2, 0.25) is 0 Å². The second-order valence-corrected chi connectivity index (χ2v) is 10.3. The van der Waals surface area contributed by atoms with Gasteiger partial charge in [0.25, 0.3) is 0 Å². The molecular formula is C16H23N9O4S2. The Morgan fingerprint density at radius 2 is 1.84 bits per heavy atom. The first-order valence-corrected chi connectivity index (χ1v) is 12.4. The molecular weight excluding hydrogens is 446 g/mol. The van der Waals surface area contributed by atoms with Gasteiger partial charge in [0.2, 0.25) is 20.0 Å². The third kappa shape index (κ3) is 4.54. The molecule has 0 saturated carbocycles. The number of nitrogen functional groups attached to an aromatic ring is 1. The van der Waals surface area contributed by atoms with E-state index in [9.17, 15) is 16.8 Å². The van der Waals surface area contributed by atoms with Crippen LogP contribution in [0.15, 0.2) is 40.3 Å². The zero-order valence-corrected chi connectivity index (χ0v) is 17.8. The molecule has 0 aliphatic carbocycles. The van der Waals surface area contributed by atoms with Crippen molar-refractivity contribution in [2.24, 2.45) is 5.14 Å². The van der Waals surface area contributed by atoms with Crippen molar-refractivity contribution in [2.75, 3.05) is 18.8 Å². The van der Waals surface area contributed by atoms with E-state index in [0.717, 1.165) is 0 Å². The summed E-state index contributed by atoms with van der Waals surface area (Å²) in [5.41, 5.74) is 17.6. The Kier molecular flexibility index (Phi) is 5.95. The van der Waals surface area contributed by atoms with E-state index in [0.29, 0.717) is 30.6 Å². The molecule has 0 radical (unpaired) electrons. The molecule has 15 heteroatoms. The molecule has 2 saturated heterocycles. The zero-order valence-electron chi connectivity index (χ0n) is 16.2. The van der Waals surface area contributed by atoms with Crippen molar-refractivity contribution in [3.05, 3.63) is 36.0 Å². The molecule has 1 aromatic heterocycles. The maximum absolute atomic E-state index is 13.2. The Morgan fingerprint density at radius 1 is 1.10 bits per heavy atom. The molecule has 0 amide bonds. The molecule has 0 bridgehead atoms. The SMILES string of the molecule is Nc1cc(-c2ccc(S(=O)(=O)N[C@@H]3CCNC3)c(S(N)(=O)=O)c2C2NNNN2)ccn1. The number of hydrogen-bond donors (Lipinski definition) is 8. The van der Waals surface area contributed by atoms with Gasteiger partial charge in [-0.1, -0.05) is 6.07 Å². The summed E-state index contributed by atoms with van der Waals surface area (Å²) in [6.07, 6.45) is 1.22. The molecule has 0 unspecified atom stereocenters. The van der Waals surface area contributed by atoms with Crippen molar-refractivity contribution >= 4 is 25.9 Å². The quantitative estimate of drug-likeness (QED) is 0.226. The number of anilines is 1. The highest BCUT2D eigenvalue weighted by atomic mass is 32.2. The molecule has 1 atom stereocenters. The Hall–Kier alpha value is -2.21. The monoisotopic (exact) mass is 469 g/mol. The lowest BCUT2D eigenvalue weighted by molar-refractivity contribution is 0.530. The number of rotatable bonds is 6. The second kappa shape index (κ2) is 8.38. The number of nitrogens with zero attached hydrogens (tertiary/aromatic N) is 1. The fourth-order valence-corrected chi connectivity index (χ4v) is 6.60. The van der Waals surface area contributed by atoms with Crippen LogP contribution in [0.4, 0.5) is 5.82 Å². The molecule has 3 heterocycles. The van der Waals surface area contributed by atoms with Crippen LogP contribution in [0.25, 0.3) is 11.1 Å². The van der Waals surface area contributed by atoms with Gasteiger partial charge < -0.3 is 11.1 Å². The fraction of sp³-hybridized carbons (Fsp3) is 0.312. The molecule has 31 heavy (non-hydrogen) atoms. The average Bonchev–Trinajstić information content (AvgIpc) is 3.40. The number of aromatic nitrogens is 1. The summed E-state index contributed by atoms with van der Waals surface area (Å²) < 4.78 is 54.3. The van der Waals surface area contributed by atoms with Gasteiger partial charge in [-0.05, 0) is 42.3 Å². The summed E-state index contributed by atoms with van der Waals surface area (Å²) >= 11 is 0. The number of sulfonamides is 2. The molecule has 2 fully saturated rings. The van der Waals surface area contributed by atoms with Gasteiger partial charge in [-0.15, -0.1) is 0 Å². The smallest absolute Gasteiger partial charge is 0.242 e. The highest BCUT2D eigenvalue weighted by molar-refractivity contribution is 7.92. The normalized spacial score (nSPS) is 20.4. The number of benzene rings is 1. The van der Waals surface area contributed by atoms with Crippen molar-refractivity contribution in [2.45, 2.75) is 28.4 Å². The first-order valence-electron chi connectivity index (χ1n) is 9.32. The Labute approximate surface area is 179 Å². The van der Waals surface area contributed by atoms with Gasteiger partial charge >= 0.3 is 0 Å². The average molecular weight is 470 g/mol. The van der Waals surface area contributed by atoms with Gasteiger partial charge in [-0.25, -0.2) is 42.5 Å². The van der Waals surface area contributed by atoms with Gasteiger partial charge in [0.15, 0.2) is 0 Å². The van der Waals surface area contributed by atoms with E-state index in [1.165, 1.54) is 18.3 Å². The lowest BCUT2D eigenvalue weighted by atomic mass is 9.98. The highest BCUT2D eigenvalue weighted by Crippen LogP contribution is 2.37. The van der Waals surface area contributed by atoms with Crippen molar-refractivity contribution in [1.29, 1.82) is 0 Å². The van der Waals surface area contributed by atoms with Crippen LogP contribution >= 0.6 is 0 Å². The van der Waals surface area contributed by atoms with E-state index in [1.807, 2.05) is 0 Å². The largest absolute Gasteiger partial charge is 0.384 e. The number of hydrazine groups is 3. The van der Waals surface area contributed by atoms with Crippen molar-refractivity contribution < 1.29 is 16.8 Å². The van der Waals surface area contributed by atoms with Crippen LogP contribution in [0.5, 0.6) is 0 Å². The Morgan fingerprint density at radius 3 is 2.45 bits per heavy atom. The zero-order chi connectivity index (χ0) is 22.2. The van der Waals surface area contributed by atoms with E-state index in [-0.39, 0.29) is 17.4 Å². The number of hydrogen-bond acceptors (Lipinski definition) is 11. The molecule has 10 N–H and O–H groups in total. The number of primary sulfonamides is 1. The molecule has 4 rings (SSSR count). The minimum atomic E-state index is -4.48.